The van der Waals surface area contributed by atoms with E-state index in [9.17, 15) is 10.1 Å². The first-order valence-corrected chi connectivity index (χ1v) is 8.39. The molecule has 0 aromatic heterocycles. The standard InChI is InChI=1S/C19H23N3O/c1-15-6-10-22(11-7-15)19(23)18(12-20)14-21-9-8-16-4-2-3-5-17(16)13-21/h2-5,14-15H,6-11,13H2,1H3/b18-14-. The van der Waals surface area contributed by atoms with Crippen molar-refractivity contribution >= 4 is 5.91 Å². The summed E-state index contributed by atoms with van der Waals surface area (Å²) in [6.45, 7) is 5.37. The first kappa shape index (κ1) is 15.6. The average Bonchev–Trinajstić information content (AvgIpc) is 2.59. The number of likely N-dealkylation sites (tertiary alicyclic amines) is 1. The molecule has 3 rings (SSSR count). The van der Waals surface area contributed by atoms with Crippen molar-refractivity contribution in [3.8, 4) is 6.07 Å². The Labute approximate surface area is 138 Å². The lowest BCUT2D eigenvalue weighted by molar-refractivity contribution is -0.128. The molecule has 0 saturated carbocycles. The molecule has 1 saturated heterocycles. The summed E-state index contributed by atoms with van der Waals surface area (Å²) < 4.78 is 0. The van der Waals surface area contributed by atoms with Gasteiger partial charge in [-0.25, -0.2) is 0 Å². The Bertz CT molecular complexity index is 651. The van der Waals surface area contributed by atoms with E-state index < -0.39 is 0 Å². The zero-order valence-electron chi connectivity index (χ0n) is 13.7. The van der Waals surface area contributed by atoms with E-state index in [1.165, 1.54) is 11.1 Å². The van der Waals surface area contributed by atoms with Gasteiger partial charge in [0.15, 0.2) is 0 Å². The number of nitriles is 1. The first-order valence-electron chi connectivity index (χ1n) is 8.39. The Hall–Kier alpha value is -2.28. The van der Waals surface area contributed by atoms with Crippen LogP contribution in [0.15, 0.2) is 36.0 Å². The second kappa shape index (κ2) is 6.87. The average molecular weight is 309 g/mol. The van der Waals surface area contributed by atoms with E-state index in [0.717, 1.165) is 45.4 Å². The van der Waals surface area contributed by atoms with Gasteiger partial charge in [-0.15, -0.1) is 0 Å². The molecule has 1 aromatic rings. The third-order valence-electron chi connectivity index (χ3n) is 4.89. The van der Waals surface area contributed by atoms with E-state index in [1.807, 2.05) is 11.0 Å². The molecule has 23 heavy (non-hydrogen) atoms. The SMILES string of the molecule is CC1CCN(C(=O)/C(C#N)=C\N2CCc3ccccc3C2)CC1. The minimum absolute atomic E-state index is 0.113. The molecule has 1 aromatic carbocycles. The molecule has 0 spiro atoms. The van der Waals surface area contributed by atoms with Gasteiger partial charge < -0.3 is 9.80 Å². The lowest BCUT2D eigenvalue weighted by Gasteiger charge is -2.31. The zero-order valence-corrected chi connectivity index (χ0v) is 13.7. The van der Waals surface area contributed by atoms with Gasteiger partial charge >= 0.3 is 0 Å². The first-order chi connectivity index (χ1) is 11.2. The van der Waals surface area contributed by atoms with Crippen LogP contribution in [0.5, 0.6) is 0 Å². The van der Waals surface area contributed by atoms with Crippen LogP contribution in [0, 0.1) is 17.2 Å². The molecule has 1 fully saturated rings. The third-order valence-corrected chi connectivity index (χ3v) is 4.89. The predicted octanol–water partition coefficient (Wildman–Crippen LogP) is 2.71. The van der Waals surface area contributed by atoms with E-state index in [2.05, 4.69) is 36.1 Å². The van der Waals surface area contributed by atoms with E-state index in [4.69, 9.17) is 0 Å². The van der Waals surface area contributed by atoms with Crippen LogP contribution in [0.2, 0.25) is 0 Å². The fourth-order valence-electron chi connectivity index (χ4n) is 3.32. The molecule has 0 atom stereocenters. The maximum absolute atomic E-state index is 12.6. The maximum Gasteiger partial charge on any atom is 0.266 e. The molecule has 0 radical (unpaired) electrons. The van der Waals surface area contributed by atoms with Crippen molar-refractivity contribution in [2.24, 2.45) is 5.92 Å². The van der Waals surface area contributed by atoms with Crippen molar-refractivity contribution in [2.45, 2.75) is 32.7 Å². The molecule has 0 N–H and O–H groups in total. The fourth-order valence-corrected chi connectivity index (χ4v) is 3.32. The Morgan fingerprint density at radius 1 is 1.22 bits per heavy atom. The summed E-state index contributed by atoms with van der Waals surface area (Å²) in [4.78, 5) is 16.5. The van der Waals surface area contributed by atoms with Gasteiger partial charge in [0.1, 0.15) is 11.6 Å². The van der Waals surface area contributed by atoms with Crippen LogP contribution in [-0.4, -0.2) is 35.3 Å². The highest BCUT2D eigenvalue weighted by Gasteiger charge is 2.24. The van der Waals surface area contributed by atoms with Gasteiger partial charge in [-0.05, 0) is 36.3 Å². The second-order valence-corrected chi connectivity index (χ2v) is 6.62. The second-order valence-electron chi connectivity index (χ2n) is 6.62. The lowest BCUT2D eigenvalue weighted by atomic mass is 9.98. The molecular weight excluding hydrogens is 286 g/mol. The van der Waals surface area contributed by atoms with E-state index >= 15 is 0 Å². The number of hydrogen-bond donors (Lipinski definition) is 0. The van der Waals surface area contributed by atoms with E-state index in [-0.39, 0.29) is 11.5 Å². The van der Waals surface area contributed by atoms with Crippen LogP contribution in [0.3, 0.4) is 0 Å². The largest absolute Gasteiger partial charge is 0.371 e. The maximum atomic E-state index is 12.6. The molecule has 120 valence electrons. The molecule has 2 heterocycles. The van der Waals surface area contributed by atoms with Gasteiger partial charge in [0.2, 0.25) is 0 Å². The van der Waals surface area contributed by atoms with Crippen molar-refractivity contribution in [1.82, 2.24) is 9.80 Å². The molecule has 0 aliphatic carbocycles. The summed E-state index contributed by atoms with van der Waals surface area (Å²) in [5, 5.41) is 9.41. The number of amides is 1. The Morgan fingerprint density at radius 3 is 2.61 bits per heavy atom. The zero-order chi connectivity index (χ0) is 16.2. The van der Waals surface area contributed by atoms with Crippen LogP contribution in [0.1, 0.15) is 30.9 Å². The lowest BCUT2D eigenvalue weighted by Crippen LogP contribution is -2.39. The number of piperidine rings is 1. The van der Waals surface area contributed by atoms with Crippen molar-refractivity contribution < 1.29 is 4.79 Å². The monoisotopic (exact) mass is 309 g/mol. The highest BCUT2D eigenvalue weighted by atomic mass is 16.2. The van der Waals surface area contributed by atoms with Crippen molar-refractivity contribution in [3.63, 3.8) is 0 Å². The molecule has 1 amide bonds. The van der Waals surface area contributed by atoms with Gasteiger partial charge in [-0.3, -0.25) is 4.79 Å². The molecule has 4 heteroatoms. The van der Waals surface area contributed by atoms with E-state index in [0.29, 0.717) is 5.92 Å². The number of benzene rings is 1. The smallest absolute Gasteiger partial charge is 0.266 e. The third kappa shape index (κ3) is 3.56. The van der Waals surface area contributed by atoms with Crippen molar-refractivity contribution in [1.29, 1.82) is 5.26 Å². The minimum Gasteiger partial charge on any atom is -0.371 e. The number of hydrogen-bond acceptors (Lipinski definition) is 3. The van der Waals surface area contributed by atoms with Crippen molar-refractivity contribution in [2.75, 3.05) is 19.6 Å². The van der Waals surface area contributed by atoms with Crippen LogP contribution >= 0.6 is 0 Å². The van der Waals surface area contributed by atoms with Crippen LogP contribution < -0.4 is 0 Å². The van der Waals surface area contributed by atoms with Gasteiger partial charge in [0.25, 0.3) is 5.91 Å². The van der Waals surface area contributed by atoms with Crippen molar-refractivity contribution in [3.05, 3.63) is 47.2 Å². The Kier molecular flexibility index (Phi) is 4.66. The quantitative estimate of drug-likeness (QED) is 0.623. The predicted molar refractivity (Wildman–Crippen MR) is 89.2 cm³/mol. The van der Waals surface area contributed by atoms with Crippen LogP contribution in [-0.2, 0) is 17.8 Å². The Balaban J connectivity index is 1.70. The molecule has 0 bridgehead atoms. The number of rotatable bonds is 2. The summed E-state index contributed by atoms with van der Waals surface area (Å²) in [5.41, 5.74) is 2.91. The van der Waals surface area contributed by atoms with Gasteiger partial charge in [-0.2, -0.15) is 5.26 Å². The molecule has 0 unspecified atom stereocenters. The van der Waals surface area contributed by atoms with Gasteiger partial charge in [0.05, 0.1) is 0 Å². The summed E-state index contributed by atoms with van der Waals surface area (Å²) in [7, 11) is 0. The van der Waals surface area contributed by atoms with Crippen LogP contribution in [0.25, 0.3) is 0 Å². The topological polar surface area (TPSA) is 47.3 Å². The number of carbonyl (C=O) groups is 1. The van der Waals surface area contributed by atoms with Crippen LogP contribution in [0.4, 0.5) is 0 Å². The Morgan fingerprint density at radius 2 is 1.91 bits per heavy atom. The molecule has 2 aliphatic heterocycles. The number of carbonyl (C=O) groups excluding carboxylic acids is 1. The summed E-state index contributed by atoms with van der Waals surface area (Å²) in [5.74, 6) is 0.561. The molecule has 4 nitrogen and oxygen atoms in total. The number of nitrogens with zero attached hydrogens (tertiary/aromatic N) is 3. The highest BCUT2D eigenvalue weighted by molar-refractivity contribution is 5.97. The molecular formula is C19H23N3O. The molecule has 2 aliphatic rings. The number of fused-ring (bicyclic) bond motifs is 1. The fraction of sp³-hybridized carbons (Fsp3) is 0.474. The van der Waals surface area contributed by atoms with E-state index in [1.54, 1.807) is 6.20 Å². The minimum atomic E-state index is -0.113. The van der Waals surface area contributed by atoms with Gasteiger partial charge in [-0.1, -0.05) is 31.2 Å². The normalized spacial score (nSPS) is 19.2. The van der Waals surface area contributed by atoms with Gasteiger partial charge in [0, 0.05) is 32.4 Å². The summed E-state index contributed by atoms with van der Waals surface area (Å²) in [6.07, 6.45) is 4.78. The summed E-state index contributed by atoms with van der Waals surface area (Å²) in [6, 6.07) is 10.5. The highest BCUT2D eigenvalue weighted by Crippen LogP contribution is 2.21. The summed E-state index contributed by atoms with van der Waals surface area (Å²) >= 11 is 0.